The fraction of sp³-hybridized carbons (Fsp3) is 0.613. The highest BCUT2D eigenvalue weighted by atomic mass is 16.7. The van der Waals surface area contributed by atoms with Gasteiger partial charge in [-0.1, -0.05) is 293 Å². The second-order valence-corrected chi connectivity index (χ2v) is 24.1. The van der Waals surface area contributed by atoms with E-state index in [-0.39, 0.29) is 32.7 Å². The summed E-state index contributed by atoms with van der Waals surface area (Å²) in [6.45, 7) is 4.58. The van der Waals surface area contributed by atoms with Crippen molar-refractivity contribution in [1.82, 2.24) is 0 Å². The zero-order valence-electron chi connectivity index (χ0n) is 57.3. The van der Waals surface area contributed by atoms with Crippen LogP contribution in [0.1, 0.15) is 258 Å². The zero-order chi connectivity index (χ0) is 64.7. The molecule has 0 bridgehead atoms. The van der Waals surface area contributed by atoms with Crippen LogP contribution in [-0.4, -0.2) is 87.4 Å². The van der Waals surface area contributed by atoms with E-state index in [4.69, 9.17) is 18.9 Å². The molecule has 0 heterocycles. The van der Waals surface area contributed by atoms with Gasteiger partial charge in [-0.3, -0.25) is 9.59 Å². The number of carboxylic acid groups (broad SMARTS) is 1. The predicted octanol–water partition coefficient (Wildman–Crippen LogP) is 22.2. The third-order valence-electron chi connectivity index (χ3n) is 14.5. The van der Waals surface area contributed by atoms with E-state index in [1.807, 2.05) is 21.1 Å². The second-order valence-electron chi connectivity index (χ2n) is 24.1. The lowest BCUT2D eigenvalue weighted by atomic mass is 10.0. The molecule has 0 radical (unpaired) electrons. The number of carbonyl (C=O) groups excluding carboxylic acids is 2. The molecular formula is C80H130NO8+. The van der Waals surface area contributed by atoms with Gasteiger partial charge in [-0.15, -0.1) is 0 Å². The van der Waals surface area contributed by atoms with E-state index < -0.39 is 30.3 Å². The highest BCUT2D eigenvalue weighted by Crippen LogP contribution is 2.16. The Morgan fingerprint density at radius 3 is 0.933 bits per heavy atom. The highest BCUT2D eigenvalue weighted by Gasteiger charge is 2.25. The Bertz CT molecular complexity index is 2070. The summed E-state index contributed by atoms with van der Waals surface area (Å²) in [6.07, 6.45) is 101. The summed E-state index contributed by atoms with van der Waals surface area (Å²) in [4.78, 5) is 37.6. The molecule has 0 saturated carbocycles. The van der Waals surface area contributed by atoms with Gasteiger partial charge in [0, 0.05) is 12.8 Å². The molecule has 0 amide bonds. The van der Waals surface area contributed by atoms with Gasteiger partial charge in [-0.25, -0.2) is 4.79 Å². The number of likely N-dealkylation sites (N-methyl/N-ethyl adjacent to an activating group) is 1. The van der Waals surface area contributed by atoms with Gasteiger partial charge >= 0.3 is 17.9 Å². The number of unbranched alkanes of at least 4 members (excludes halogenated alkanes) is 20. The van der Waals surface area contributed by atoms with Crippen LogP contribution >= 0.6 is 0 Å². The van der Waals surface area contributed by atoms with Crippen LogP contribution in [0.15, 0.2) is 170 Å². The molecular weight excluding hydrogens is 1100 g/mol. The molecule has 89 heavy (non-hydrogen) atoms. The Labute approximate surface area is 546 Å². The molecule has 1 N–H and O–H groups in total. The molecule has 0 aliphatic heterocycles. The number of aliphatic carboxylic acids is 1. The Kier molecular flexibility index (Phi) is 64.4. The quantitative estimate of drug-likeness (QED) is 0.0211. The molecule has 2 unspecified atom stereocenters. The van der Waals surface area contributed by atoms with Crippen molar-refractivity contribution in [2.24, 2.45) is 0 Å². The maximum atomic E-state index is 12.9. The topological polar surface area (TPSA) is 108 Å². The highest BCUT2D eigenvalue weighted by molar-refractivity contribution is 5.71. The summed E-state index contributed by atoms with van der Waals surface area (Å²) in [5, 5.41) is 9.74. The van der Waals surface area contributed by atoms with Gasteiger partial charge in [0.1, 0.15) is 13.2 Å². The molecule has 9 heteroatoms. The van der Waals surface area contributed by atoms with Crippen LogP contribution in [0.25, 0.3) is 0 Å². The monoisotopic (exact) mass is 1230 g/mol. The van der Waals surface area contributed by atoms with E-state index in [1.165, 1.54) is 103 Å². The number of esters is 2. The summed E-state index contributed by atoms with van der Waals surface area (Å²) < 4.78 is 22.9. The first kappa shape index (κ1) is 83.7. The van der Waals surface area contributed by atoms with Crippen molar-refractivity contribution in [1.29, 1.82) is 0 Å². The summed E-state index contributed by atoms with van der Waals surface area (Å²) in [6, 6.07) is 0. The minimum absolute atomic E-state index is 0.171. The van der Waals surface area contributed by atoms with Crippen molar-refractivity contribution in [3.05, 3.63) is 170 Å². The molecule has 0 aliphatic rings. The summed E-state index contributed by atoms with van der Waals surface area (Å²) >= 11 is 0. The number of nitrogens with zero attached hydrogens (tertiary/aromatic N) is 1. The van der Waals surface area contributed by atoms with Crippen molar-refractivity contribution in [2.45, 2.75) is 270 Å². The van der Waals surface area contributed by atoms with Gasteiger partial charge in [-0.05, 0) is 122 Å². The molecule has 9 nitrogen and oxygen atoms in total. The summed E-state index contributed by atoms with van der Waals surface area (Å²) in [7, 11) is 5.95. The first-order valence-electron chi connectivity index (χ1n) is 35.3. The van der Waals surface area contributed by atoms with Gasteiger partial charge in [0.05, 0.1) is 34.4 Å². The van der Waals surface area contributed by atoms with Gasteiger partial charge in [-0.2, -0.15) is 0 Å². The van der Waals surface area contributed by atoms with Crippen LogP contribution in [-0.2, 0) is 33.3 Å². The van der Waals surface area contributed by atoms with Gasteiger partial charge in [0.15, 0.2) is 6.10 Å². The minimum Gasteiger partial charge on any atom is -0.477 e. The van der Waals surface area contributed by atoms with Crippen LogP contribution in [0.3, 0.4) is 0 Å². The summed E-state index contributed by atoms with van der Waals surface area (Å²) in [5.41, 5.74) is 0. The lowest BCUT2D eigenvalue weighted by Crippen LogP contribution is -2.40. The molecule has 502 valence electrons. The van der Waals surface area contributed by atoms with E-state index in [2.05, 4.69) is 184 Å². The van der Waals surface area contributed by atoms with Crippen molar-refractivity contribution in [3.8, 4) is 0 Å². The largest absolute Gasteiger partial charge is 0.477 e. The van der Waals surface area contributed by atoms with E-state index in [0.717, 1.165) is 116 Å². The SMILES string of the molecule is CC/C=C\C/C=C\C/C=C\C/C=C\C/C=C\C/C=C\C/C=C\CCCCCCCCCCCCCCCCCCCCCC(=O)OC(COC(=O)CCC/C=C\C/C=C\C/C=C\C/C=C\C/C=C\C/C=C\C/C=C\CC)COC(OCC[N+](C)(C)C)C(=O)O. The molecule has 0 aliphatic carbocycles. The van der Waals surface area contributed by atoms with E-state index in [0.29, 0.717) is 23.9 Å². The fourth-order valence-corrected chi connectivity index (χ4v) is 9.16. The van der Waals surface area contributed by atoms with Gasteiger partial charge < -0.3 is 28.5 Å². The number of rotatable bonds is 63. The third kappa shape index (κ3) is 70.0. The number of hydrogen-bond donors (Lipinski definition) is 1. The molecule has 2 atom stereocenters. The second kappa shape index (κ2) is 68.6. The normalized spacial score (nSPS) is 13.8. The van der Waals surface area contributed by atoms with Crippen molar-refractivity contribution in [3.63, 3.8) is 0 Å². The van der Waals surface area contributed by atoms with E-state index in [9.17, 15) is 19.5 Å². The molecule has 0 aromatic rings. The van der Waals surface area contributed by atoms with Crippen molar-refractivity contribution >= 4 is 17.9 Å². The van der Waals surface area contributed by atoms with Crippen LogP contribution in [0.5, 0.6) is 0 Å². The minimum atomic E-state index is -1.53. The Morgan fingerprint density at radius 2 is 0.618 bits per heavy atom. The van der Waals surface area contributed by atoms with Crippen molar-refractivity contribution < 1.29 is 42.9 Å². The average Bonchev–Trinajstić information content (AvgIpc) is 3.64. The first-order chi connectivity index (χ1) is 43.6. The molecule has 0 spiro atoms. The maximum absolute atomic E-state index is 12.9. The Balaban J connectivity index is 4.13. The number of hydrogen-bond acceptors (Lipinski definition) is 7. The predicted molar refractivity (Wildman–Crippen MR) is 382 cm³/mol. The number of quaternary nitrogens is 1. The fourth-order valence-electron chi connectivity index (χ4n) is 9.16. The van der Waals surface area contributed by atoms with E-state index >= 15 is 0 Å². The average molecular weight is 1230 g/mol. The Hall–Kier alpha value is -5.35. The van der Waals surface area contributed by atoms with E-state index in [1.54, 1.807) is 0 Å². The van der Waals surface area contributed by atoms with Gasteiger partial charge in [0.2, 0.25) is 0 Å². The molecule has 0 rings (SSSR count). The molecule has 0 aromatic heterocycles. The van der Waals surface area contributed by atoms with Crippen LogP contribution in [0, 0.1) is 0 Å². The number of carbonyl (C=O) groups is 3. The molecule has 0 fully saturated rings. The third-order valence-corrected chi connectivity index (χ3v) is 14.5. The Morgan fingerprint density at radius 1 is 0.337 bits per heavy atom. The maximum Gasteiger partial charge on any atom is 0.361 e. The van der Waals surface area contributed by atoms with Crippen LogP contribution in [0.2, 0.25) is 0 Å². The number of allylic oxidation sites excluding steroid dienone is 28. The smallest absolute Gasteiger partial charge is 0.361 e. The molecule has 0 saturated heterocycles. The molecule has 0 aromatic carbocycles. The number of carboxylic acids is 1. The standard InChI is InChI=1S/C80H129NO8/c1-6-8-10-12-14-16-18-20-22-24-26-28-30-31-32-33-34-35-36-37-38-39-40-41-42-43-44-45-46-47-49-51-53-55-57-59-61-63-65-67-69-71-78(83)89-76(75-88-80(79(84)85)86-73-72-81(3,4)5)74-87-77(82)70-68-66-64-62-60-58-56-54-52-50-48-29-27-25-23-21-19-17-15-13-11-9-7-2/h8-11,14-17,20-23,26-29,31-32,34-35,37-38,50,52,56,58,62,64,76,80H,6-7,12-13,18-19,24-25,30,33,36,39-49,51,53-55,57,59-61,63,65-75H2,1-5H3/p+1/b10-8-,11-9-,16-14-,17-15-,22-20-,23-21-,28-26-,29-27-,32-31-,35-34-,38-37-,52-50-,58-56-,64-62-. The van der Waals surface area contributed by atoms with Crippen molar-refractivity contribution in [2.75, 3.05) is 47.5 Å². The van der Waals surface area contributed by atoms with Crippen LogP contribution in [0.4, 0.5) is 0 Å². The lowest BCUT2D eigenvalue weighted by molar-refractivity contribution is -0.870. The van der Waals surface area contributed by atoms with Gasteiger partial charge in [0.25, 0.3) is 6.29 Å². The number of ether oxygens (including phenoxy) is 4. The zero-order valence-corrected chi connectivity index (χ0v) is 57.3. The first-order valence-corrected chi connectivity index (χ1v) is 35.3. The lowest BCUT2D eigenvalue weighted by Gasteiger charge is -2.25. The van der Waals surface area contributed by atoms with Crippen LogP contribution < -0.4 is 0 Å². The summed E-state index contributed by atoms with van der Waals surface area (Å²) in [5.74, 6) is -2.09.